The summed E-state index contributed by atoms with van der Waals surface area (Å²) in [4.78, 5) is 17.1. The Morgan fingerprint density at radius 1 is 1.24 bits per heavy atom. The Morgan fingerprint density at radius 2 is 1.96 bits per heavy atom. The van der Waals surface area contributed by atoms with Gasteiger partial charge in [-0.25, -0.2) is 4.98 Å². The van der Waals surface area contributed by atoms with Gasteiger partial charge in [-0.3, -0.25) is 10.1 Å². The van der Waals surface area contributed by atoms with E-state index in [2.05, 4.69) is 29.4 Å². The fourth-order valence-corrected chi connectivity index (χ4v) is 3.38. The van der Waals surface area contributed by atoms with Crippen molar-refractivity contribution < 1.29 is 9.53 Å². The van der Waals surface area contributed by atoms with Crippen molar-refractivity contribution in [3.8, 4) is 5.75 Å². The number of thiazole rings is 1. The molecule has 0 saturated carbocycles. The fraction of sp³-hybridized carbons (Fsp3) is 0.263. The van der Waals surface area contributed by atoms with Gasteiger partial charge in [-0.15, -0.1) is 0 Å². The maximum Gasteiger partial charge on any atom is 0.269 e. The van der Waals surface area contributed by atoms with E-state index in [-0.39, 0.29) is 5.91 Å². The van der Waals surface area contributed by atoms with Gasteiger partial charge in [0.15, 0.2) is 10.7 Å². The molecule has 0 fully saturated rings. The number of aryl methyl sites for hydroxylation is 1. The average Bonchev–Trinajstić information content (AvgIpc) is 2.97. The van der Waals surface area contributed by atoms with E-state index in [1.807, 2.05) is 6.07 Å². The number of amides is 1. The molecule has 6 heteroatoms. The van der Waals surface area contributed by atoms with E-state index in [0.717, 1.165) is 16.6 Å². The van der Waals surface area contributed by atoms with Crippen LogP contribution in [0.1, 0.15) is 26.3 Å². The number of ether oxygens (including phenoxy) is 1. The minimum Gasteiger partial charge on any atom is -0.478 e. The molecular weight excluding hydrogens is 356 g/mol. The second-order valence-corrected chi connectivity index (χ2v) is 7.66. The SMILES string of the molecule is CCc1ccc2nc(NC(=O)C(C)(C)Oc3ccc(Cl)cc3)sc2c1. The van der Waals surface area contributed by atoms with E-state index in [1.165, 1.54) is 16.9 Å². The summed E-state index contributed by atoms with van der Waals surface area (Å²) in [6.45, 7) is 5.56. The van der Waals surface area contributed by atoms with Crippen LogP contribution in [0.4, 0.5) is 5.13 Å². The molecule has 0 aliphatic carbocycles. The van der Waals surface area contributed by atoms with Gasteiger partial charge in [-0.2, -0.15) is 0 Å². The molecule has 4 nitrogen and oxygen atoms in total. The van der Waals surface area contributed by atoms with E-state index >= 15 is 0 Å². The number of benzene rings is 2. The Morgan fingerprint density at radius 3 is 2.64 bits per heavy atom. The summed E-state index contributed by atoms with van der Waals surface area (Å²) in [7, 11) is 0. The first-order chi connectivity index (χ1) is 11.9. The third-order valence-corrected chi connectivity index (χ3v) is 5.00. The Hall–Kier alpha value is -2.11. The molecule has 0 aliphatic heterocycles. The smallest absolute Gasteiger partial charge is 0.269 e. The number of nitrogens with zero attached hydrogens (tertiary/aromatic N) is 1. The molecule has 1 heterocycles. The summed E-state index contributed by atoms with van der Waals surface area (Å²) in [5.74, 6) is 0.332. The number of hydrogen-bond acceptors (Lipinski definition) is 4. The van der Waals surface area contributed by atoms with Crippen LogP contribution < -0.4 is 10.1 Å². The van der Waals surface area contributed by atoms with Crippen LogP contribution in [0.15, 0.2) is 42.5 Å². The second-order valence-electron chi connectivity index (χ2n) is 6.20. The number of rotatable bonds is 5. The molecule has 2 aromatic carbocycles. The van der Waals surface area contributed by atoms with Gasteiger partial charge in [-0.1, -0.05) is 35.9 Å². The lowest BCUT2D eigenvalue weighted by Crippen LogP contribution is -2.42. The highest BCUT2D eigenvalue weighted by atomic mass is 35.5. The molecule has 25 heavy (non-hydrogen) atoms. The normalized spacial score (nSPS) is 11.5. The van der Waals surface area contributed by atoms with Gasteiger partial charge in [0.2, 0.25) is 0 Å². The summed E-state index contributed by atoms with van der Waals surface area (Å²) in [5, 5.41) is 4.05. The molecule has 0 radical (unpaired) electrons. The zero-order valence-corrected chi connectivity index (χ0v) is 15.9. The summed E-state index contributed by atoms with van der Waals surface area (Å²) in [5.41, 5.74) is 1.09. The van der Waals surface area contributed by atoms with Crippen molar-refractivity contribution >= 4 is 44.2 Å². The van der Waals surface area contributed by atoms with Crippen molar-refractivity contribution in [2.75, 3.05) is 5.32 Å². The van der Waals surface area contributed by atoms with Gasteiger partial charge in [0.1, 0.15) is 5.75 Å². The number of aromatic nitrogens is 1. The predicted molar refractivity (Wildman–Crippen MR) is 104 cm³/mol. The van der Waals surface area contributed by atoms with E-state index in [0.29, 0.717) is 15.9 Å². The van der Waals surface area contributed by atoms with E-state index < -0.39 is 5.60 Å². The summed E-state index contributed by atoms with van der Waals surface area (Å²) in [6, 6.07) is 13.1. The minimum atomic E-state index is -1.04. The number of carbonyl (C=O) groups excluding carboxylic acids is 1. The summed E-state index contributed by atoms with van der Waals surface area (Å²) in [6.07, 6.45) is 0.970. The first-order valence-corrected chi connectivity index (χ1v) is 9.22. The lowest BCUT2D eigenvalue weighted by atomic mass is 10.1. The van der Waals surface area contributed by atoms with Gasteiger partial charge in [0.25, 0.3) is 5.91 Å². The lowest BCUT2D eigenvalue weighted by molar-refractivity contribution is -0.128. The zero-order chi connectivity index (χ0) is 18.0. The highest BCUT2D eigenvalue weighted by molar-refractivity contribution is 7.22. The van der Waals surface area contributed by atoms with Crippen molar-refractivity contribution in [3.63, 3.8) is 0 Å². The van der Waals surface area contributed by atoms with E-state index in [1.54, 1.807) is 38.1 Å². The monoisotopic (exact) mass is 374 g/mol. The Kier molecular flexibility index (Phi) is 4.97. The first-order valence-electron chi connectivity index (χ1n) is 8.03. The summed E-state index contributed by atoms with van der Waals surface area (Å²) >= 11 is 7.33. The van der Waals surface area contributed by atoms with Crippen molar-refractivity contribution in [2.24, 2.45) is 0 Å². The van der Waals surface area contributed by atoms with Crippen molar-refractivity contribution in [1.29, 1.82) is 0 Å². The first kappa shape index (κ1) is 17.7. The van der Waals surface area contributed by atoms with E-state index in [9.17, 15) is 4.79 Å². The number of carbonyl (C=O) groups is 1. The molecule has 3 aromatic rings. The van der Waals surface area contributed by atoms with Crippen molar-refractivity contribution in [3.05, 3.63) is 53.1 Å². The van der Waals surface area contributed by atoms with E-state index in [4.69, 9.17) is 16.3 Å². The second kappa shape index (κ2) is 7.02. The topological polar surface area (TPSA) is 51.2 Å². The standard InChI is InChI=1S/C19H19ClN2O2S/c1-4-12-5-10-15-16(11-12)25-18(21-15)22-17(23)19(2,3)24-14-8-6-13(20)7-9-14/h5-11H,4H2,1-3H3,(H,21,22,23). The highest BCUT2D eigenvalue weighted by Crippen LogP contribution is 2.28. The Bertz CT molecular complexity index is 903. The molecule has 0 saturated heterocycles. The van der Waals surface area contributed by atoms with Gasteiger partial charge in [-0.05, 0) is 62.2 Å². The third-order valence-electron chi connectivity index (χ3n) is 3.82. The van der Waals surface area contributed by atoms with Gasteiger partial charge in [0, 0.05) is 5.02 Å². The van der Waals surface area contributed by atoms with Gasteiger partial charge >= 0.3 is 0 Å². The minimum absolute atomic E-state index is 0.253. The van der Waals surface area contributed by atoms with Crippen LogP contribution in [0.5, 0.6) is 5.75 Å². The van der Waals surface area contributed by atoms with Crippen LogP contribution in [0.2, 0.25) is 5.02 Å². The molecule has 130 valence electrons. The number of hydrogen-bond donors (Lipinski definition) is 1. The predicted octanol–water partition coefficient (Wildman–Crippen LogP) is 5.31. The number of halogens is 1. The maximum atomic E-state index is 12.6. The molecule has 0 atom stereocenters. The lowest BCUT2D eigenvalue weighted by Gasteiger charge is -2.24. The van der Waals surface area contributed by atoms with Crippen LogP contribution in [-0.4, -0.2) is 16.5 Å². The molecule has 1 aromatic heterocycles. The van der Waals surface area contributed by atoms with Gasteiger partial charge in [0.05, 0.1) is 10.2 Å². The van der Waals surface area contributed by atoms with Crippen LogP contribution >= 0.6 is 22.9 Å². The van der Waals surface area contributed by atoms with Gasteiger partial charge < -0.3 is 4.74 Å². The molecule has 1 N–H and O–H groups in total. The Balaban J connectivity index is 1.74. The van der Waals surface area contributed by atoms with Crippen LogP contribution in [-0.2, 0) is 11.2 Å². The maximum absolute atomic E-state index is 12.6. The quantitative estimate of drug-likeness (QED) is 0.658. The molecule has 1 amide bonds. The van der Waals surface area contributed by atoms with Crippen molar-refractivity contribution in [2.45, 2.75) is 32.8 Å². The van der Waals surface area contributed by atoms with Crippen LogP contribution in [0.25, 0.3) is 10.2 Å². The largest absolute Gasteiger partial charge is 0.478 e. The summed E-state index contributed by atoms with van der Waals surface area (Å²) < 4.78 is 6.87. The van der Waals surface area contributed by atoms with Crippen molar-refractivity contribution in [1.82, 2.24) is 4.98 Å². The molecule has 0 unspecified atom stereocenters. The number of nitrogens with one attached hydrogen (secondary N) is 1. The number of fused-ring (bicyclic) bond motifs is 1. The average molecular weight is 375 g/mol. The molecule has 0 aliphatic rings. The molecular formula is C19H19ClN2O2S. The molecule has 3 rings (SSSR count). The highest BCUT2D eigenvalue weighted by Gasteiger charge is 2.30. The third kappa shape index (κ3) is 4.11. The zero-order valence-electron chi connectivity index (χ0n) is 14.3. The molecule has 0 spiro atoms. The number of anilines is 1. The fourth-order valence-electron chi connectivity index (χ4n) is 2.33. The Labute approximate surface area is 155 Å². The van der Waals surface area contributed by atoms with Crippen LogP contribution in [0, 0.1) is 0 Å². The van der Waals surface area contributed by atoms with Crippen LogP contribution in [0.3, 0.4) is 0 Å². The molecule has 0 bridgehead atoms.